The lowest BCUT2D eigenvalue weighted by Crippen LogP contribution is -2.03. The zero-order valence-corrected chi connectivity index (χ0v) is 10.6. The molecular weight excluding hydrogens is 246 g/mol. The third kappa shape index (κ3) is 3.50. The van der Waals surface area contributed by atoms with Crippen LogP contribution in [-0.4, -0.2) is 0 Å². The van der Waals surface area contributed by atoms with Crippen LogP contribution in [0.25, 0.3) is 0 Å². The van der Waals surface area contributed by atoms with Crippen molar-refractivity contribution in [2.45, 2.75) is 0 Å². The highest BCUT2D eigenvalue weighted by Gasteiger charge is 1.99. The van der Waals surface area contributed by atoms with Crippen LogP contribution in [0.5, 0.6) is 0 Å². The molecule has 0 saturated heterocycles. The van der Waals surface area contributed by atoms with Gasteiger partial charge in [0.25, 0.3) is 0 Å². The Bertz CT molecular complexity index is 415. The summed E-state index contributed by atoms with van der Waals surface area (Å²) in [6, 6.07) is 18.4. The summed E-state index contributed by atoms with van der Waals surface area (Å²) in [5.74, 6) is 0. The van der Waals surface area contributed by atoms with Gasteiger partial charge >= 0.3 is 0 Å². The molecule has 2 aromatic carbocycles. The molecule has 0 N–H and O–H groups in total. The molecule has 0 aliphatic heterocycles. The van der Waals surface area contributed by atoms with Crippen LogP contribution in [-0.2, 0) is 0 Å². The van der Waals surface area contributed by atoms with Crippen molar-refractivity contribution in [3.05, 3.63) is 59.6 Å². The Hall–Kier alpha value is -0.550. The molecule has 0 heterocycles. The molecular formula is C12H11Cl2P. The van der Waals surface area contributed by atoms with E-state index in [4.69, 9.17) is 11.6 Å². The second-order valence-electron chi connectivity index (χ2n) is 2.97. The lowest BCUT2D eigenvalue weighted by atomic mass is 10.4. The molecule has 2 rings (SSSR count). The highest BCUT2D eigenvalue weighted by molar-refractivity contribution is 7.55. The minimum atomic E-state index is 0. The first kappa shape index (κ1) is 12.5. The summed E-state index contributed by atoms with van der Waals surface area (Å²) in [5, 5.41) is 3.38. The molecule has 0 bridgehead atoms. The first-order valence-corrected chi connectivity index (χ1v) is 5.80. The number of hydrogen-bond donors (Lipinski definition) is 0. The molecule has 0 spiro atoms. The van der Waals surface area contributed by atoms with E-state index in [2.05, 4.69) is 30.3 Å². The van der Waals surface area contributed by atoms with Gasteiger partial charge < -0.3 is 0 Å². The van der Waals surface area contributed by atoms with Crippen LogP contribution in [0.3, 0.4) is 0 Å². The van der Waals surface area contributed by atoms with Crippen LogP contribution in [0, 0.1) is 0 Å². The van der Waals surface area contributed by atoms with Gasteiger partial charge in [-0.15, -0.1) is 12.4 Å². The van der Waals surface area contributed by atoms with E-state index in [1.807, 2.05) is 24.3 Å². The molecule has 0 nitrogen and oxygen atoms in total. The van der Waals surface area contributed by atoms with Crippen molar-refractivity contribution >= 4 is 43.2 Å². The Balaban J connectivity index is 0.00000112. The number of hydrogen-bond acceptors (Lipinski definition) is 0. The van der Waals surface area contributed by atoms with Gasteiger partial charge in [0.05, 0.1) is 0 Å². The zero-order valence-electron chi connectivity index (χ0n) is 7.98. The van der Waals surface area contributed by atoms with Crippen LogP contribution < -0.4 is 10.6 Å². The van der Waals surface area contributed by atoms with E-state index in [0.29, 0.717) is 8.58 Å². The number of benzene rings is 2. The first-order valence-electron chi connectivity index (χ1n) is 4.43. The summed E-state index contributed by atoms with van der Waals surface area (Å²) in [5.41, 5.74) is 0. The van der Waals surface area contributed by atoms with E-state index in [9.17, 15) is 0 Å². The van der Waals surface area contributed by atoms with Crippen molar-refractivity contribution in [1.29, 1.82) is 0 Å². The molecule has 0 radical (unpaired) electrons. The van der Waals surface area contributed by atoms with Crippen LogP contribution in [0.15, 0.2) is 54.6 Å². The van der Waals surface area contributed by atoms with Crippen molar-refractivity contribution < 1.29 is 0 Å². The molecule has 2 aromatic rings. The largest absolute Gasteiger partial charge is 0.147 e. The SMILES string of the molecule is Cl.Clc1ccccc1Pc1ccccc1. The third-order valence-corrected chi connectivity index (χ3v) is 3.74. The molecule has 0 amide bonds. The van der Waals surface area contributed by atoms with Gasteiger partial charge in [-0.05, 0) is 16.7 Å². The Labute approximate surface area is 103 Å². The fourth-order valence-corrected chi connectivity index (χ4v) is 2.57. The van der Waals surface area contributed by atoms with Crippen molar-refractivity contribution in [3.8, 4) is 0 Å². The topological polar surface area (TPSA) is 0 Å². The van der Waals surface area contributed by atoms with E-state index >= 15 is 0 Å². The number of rotatable bonds is 2. The third-order valence-electron chi connectivity index (χ3n) is 1.93. The summed E-state index contributed by atoms with van der Waals surface area (Å²) in [7, 11) is 0.644. The highest BCUT2D eigenvalue weighted by atomic mass is 35.5. The second-order valence-corrected chi connectivity index (χ2v) is 4.74. The molecule has 15 heavy (non-hydrogen) atoms. The average Bonchev–Trinajstić information content (AvgIpc) is 2.23. The maximum Gasteiger partial charge on any atom is 0.0483 e. The molecule has 0 fully saturated rings. The van der Waals surface area contributed by atoms with E-state index in [1.165, 1.54) is 10.6 Å². The van der Waals surface area contributed by atoms with Crippen molar-refractivity contribution in [2.75, 3.05) is 0 Å². The summed E-state index contributed by atoms with van der Waals surface area (Å²) in [6.45, 7) is 0. The predicted octanol–water partition coefficient (Wildman–Crippen LogP) is 3.39. The van der Waals surface area contributed by atoms with E-state index in [0.717, 1.165) is 5.02 Å². The molecule has 1 unspecified atom stereocenters. The zero-order chi connectivity index (χ0) is 9.80. The summed E-state index contributed by atoms with van der Waals surface area (Å²) >= 11 is 6.08. The first-order chi connectivity index (χ1) is 6.86. The molecule has 0 aromatic heterocycles. The summed E-state index contributed by atoms with van der Waals surface area (Å²) in [4.78, 5) is 0. The fourth-order valence-electron chi connectivity index (χ4n) is 1.24. The average molecular weight is 257 g/mol. The second kappa shape index (κ2) is 6.12. The van der Waals surface area contributed by atoms with E-state index < -0.39 is 0 Å². The van der Waals surface area contributed by atoms with Gasteiger partial charge in [0.15, 0.2) is 0 Å². The van der Waals surface area contributed by atoms with E-state index in [-0.39, 0.29) is 12.4 Å². The van der Waals surface area contributed by atoms with Gasteiger partial charge in [-0.3, -0.25) is 0 Å². The molecule has 78 valence electrons. The summed E-state index contributed by atoms with van der Waals surface area (Å²) in [6.07, 6.45) is 0. The minimum Gasteiger partial charge on any atom is -0.147 e. The van der Waals surface area contributed by atoms with E-state index in [1.54, 1.807) is 0 Å². The Morgan fingerprint density at radius 2 is 1.40 bits per heavy atom. The van der Waals surface area contributed by atoms with Crippen molar-refractivity contribution in [1.82, 2.24) is 0 Å². The van der Waals surface area contributed by atoms with Crippen molar-refractivity contribution in [2.24, 2.45) is 0 Å². The van der Waals surface area contributed by atoms with Gasteiger partial charge in [-0.1, -0.05) is 68.7 Å². The van der Waals surface area contributed by atoms with Gasteiger partial charge in [-0.2, -0.15) is 0 Å². The smallest absolute Gasteiger partial charge is 0.0483 e. The molecule has 0 saturated carbocycles. The van der Waals surface area contributed by atoms with Crippen LogP contribution in [0.2, 0.25) is 5.02 Å². The standard InChI is InChI=1S/C12H10ClP.ClH/c13-11-8-4-5-9-12(11)14-10-6-2-1-3-7-10;/h1-9,14H;1H. The Morgan fingerprint density at radius 1 is 0.800 bits per heavy atom. The lowest BCUT2D eigenvalue weighted by Gasteiger charge is -2.03. The van der Waals surface area contributed by atoms with Crippen LogP contribution >= 0.6 is 32.6 Å². The Morgan fingerprint density at radius 3 is 2.07 bits per heavy atom. The number of halogens is 2. The summed E-state index contributed by atoms with van der Waals surface area (Å²) < 4.78 is 0. The predicted molar refractivity (Wildman–Crippen MR) is 72.7 cm³/mol. The van der Waals surface area contributed by atoms with Crippen molar-refractivity contribution in [3.63, 3.8) is 0 Å². The van der Waals surface area contributed by atoms with Gasteiger partial charge in [0.2, 0.25) is 0 Å². The Kier molecular flexibility index (Phi) is 5.11. The van der Waals surface area contributed by atoms with Gasteiger partial charge in [-0.25, -0.2) is 0 Å². The maximum absolute atomic E-state index is 6.08. The molecule has 0 aliphatic carbocycles. The lowest BCUT2D eigenvalue weighted by molar-refractivity contribution is 1.76. The highest BCUT2D eigenvalue weighted by Crippen LogP contribution is 2.16. The maximum atomic E-state index is 6.08. The molecule has 1 atom stereocenters. The minimum absolute atomic E-state index is 0. The molecule has 0 aliphatic rings. The van der Waals surface area contributed by atoms with Gasteiger partial charge in [0, 0.05) is 5.02 Å². The molecule has 3 heteroatoms. The van der Waals surface area contributed by atoms with Crippen LogP contribution in [0.1, 0.15) is 0 Å². The quantitative estimate of drug-likeness (QED) is 0.723. The van der Waals surface area contributed by atoms with Crippen LogP contribution in [0.4, 0.5) is 0 Å². The van der Waals surface area contributed by atoms with Gasteiger partial charge in [0.1, 0.15) is 0 Å². The fraction of sp³-hybridized carbons (Fsp3) is 0. The normalized spacial score (nSPS) is 10.2. The monoisotopic (exact) mass is 256 g/mol.